The van der Waals surface area contributed by atoms with Crippen molar-refractivity contribution < 1.29 is 40.8 Å². The summed E-state index contributed by atoms with van der Waals surface area (Å²) in [7, 11) is 0. The van der Waals surface area contributed by atoms with Crippen LogP contribution in [0.1, 0.15) is 147 Å². The molecule has 0 aliphatic carbocycles. The number of carbonyl (C=O) groups excluding carboxylic acids is 3. The Morgan fingerprint density at radius 1 is 0.415 bits per heavy atom. The van der Waals surface area contributed by atoms with Gasteiger partial charge in [0.15, 0.2) is 4.67 Å². The summed E-state index contributed by atoms with van der Waals surface area (Å²) in [6.07, 6.45) is 0. The molecule has 3 unspecified atom stereocenters. The number of amides is 3. The lowest BCUT2D eigenvalue weighted by Crippen LogP contribution is -2.43. The van der Waals surface area contributed by atoms with Crippen LogP contribution >= 0.6 is 27.5 Å². The summed E-state index contributed by atoms with van der Waals surface area (Å²) in [5, 5.41) is 1.95. The standard InChI is InChI=1S/C32H33FN4O3.C31H31FN4O3.C29H28BrClN4O4/c1-19(2)28(36(15-14-34)31(38)23-10-8-20(3)9-11-23)30-35-27-25-17-24(33)12-13-26(25)40-29(27)32(39)37(30)18-22-7-5-6-21(4)16-22;1-19(2)27(35(16-15-33)30(37)22-11-9-20(3)10-12-22)29-34-26-24-17-23(32)13-14-25(24)39-28(26)31(38)36(29)18-21-7-5-4-6-8-21;1-16(2)25(34(13-12-32)28(36)18-6-4-17(3)5-7-18)27-33-24-21-14-19(31)8-10-22(21)39-26(24)29(37)35(27)15-20-9-11-23(30)38-20/h5-13,16-17,19,28H,14-15,18,34H2,1-4H3;4-14,17,19,27H,15-16,18,33H2,1-3H3;4-11,14,16,25H,12-13,15,32H2,1-3H3. The lowest BCUT2D eigenvalue weighted by Gasteiger charge is -2.35. The number of nitrogens with zero attached hydrogens (tertiary/aromatic N) is 9. The number of aromatic nitrogens is 6. The number of hydrogen-bond acceptors (Lipinski definition) is 16. The third-order valence-corrected chi connectivity index (χ3v) is 21.4. The van der Waals surface area contributed by atoms with Gasteiger partial charge in [0.1, 0.15) is 68.2 Å². The number of furan rings is 4. The van der Waals surface area contributed by atoms with Crippen molar-refractivity contribution in [1.29, 1.82) is 0 Å². The second-order valence-electron chi connectivity index (χ2n) is 30.6. The molecule has 0 fully saturated rings. The maximum atomic E-state index is 14.3. The Labute approximate surface area is 692 Å². The van der Waals surface area contributed by atoms with Crippen molar-refractivity contribution in [3.8, 4) is 0 Å². The molecular formula is C92H92BrClF2N12O10. The first kappa shape index (κ1) is 83.9. The Morgan fingerprint density at radius 2 is 0.771 bits per heavy atom. The number of hydrogen-bond donors (Lipinski definition) is 3. The predicted octanol–water partition coefficient (Wildman–Crippen LogP) is 17.5. The monoisotopic (exact) mass is 1680 g/mol. The smallest absolute Gasteiger partial charge is 0.297 e. The highest BCUT2D eigenvalue weighted by molar-refractivity contribution is 9.10. The van der Waals surface area contributed by atoms with E-state index >= 15 is 0 Å². The molecule has 0 aliphatic heterocycles. The number of fused-ring (bicyclic) bond motifs is 9. The second kappa shape index (κ2) is 36.3. The second-order valence-corrected chi connectivity index (χ2v) is 31.8. The van der Waals surface area contributed by atoms with Crippen LogP contribution in [-0.4, -0.2) is 100 Å². The SMILES string of the molecule is Cc1ccc(C(=O)N(CCN)C(c2nc3c(oc4ccc(Cl)cc43)c(=O)n2Cc2ccc(Br)o2)C(C)C)cc1.Cc1ccc(C(=O)N(CCN)C(c2nc3c(oc4ccc(F)cc43)c(=O)n2Cc2cccc(C)c2)C(C)C)cc1.Cc1ccc(C(=O)N(CCN)C(c2nc3c(oc4ccc(F)cc43)c(=O)n2Cc2ccccc2)C(C)C)cc1. The molecule has 22 nitrogen and oxygen atoms in total. The first-order chi connectivity index (χ1) is 56.6. The minimum atomic E-state index is -0.599. The van der Waals surface area contributed by atoms with Gasteiger partial charge in [0.2, 0.25) is 16.7 Å². The minimum absolute atomic E-state index is 0.0491. The van der Waals surface area contributed by atoms with Gasteiger partial charge in [-0.05, 0) is 176 Å². The first-order valence-corrected chi connectivity index (χ1v) is 40.2. The van der Waals surface area contributed by atoms with Crippen LogP contribution in [0.2, 0.25) is 5.02 Å². The Kier molecular flexibility index (Phi) is 25.8. The predicted molar refractivity (Wildman–Crippen MR) is 460 cm³/mol. The van der Waals surface area contributed by atoms with Gasteiger partial charge in [-0.2, -0.15) is 0 Å². The molecule has 0 saturated heterocycles. The molecule has 3 atom stereocenters. The molecule has 0 saturated carbocycles. The van der Waals surface area contributed by atoms with Crippen LogP contribution in [0.3, 0.4) is 0 Å². The van der Waals surface area contributed by atoms with Gasteiger partial charge in [-0.3, -0.25) is 42.5 Å². The average Bonchev–Trinajstić information content (AvgIpc) is 1.56. The van der Waals surface area contributed by atoms with Crippen LogP contribution in [0.5, 0.6) is 0 Å². The molecule has 3 amide bonds. The van der Waals surface area contributed by atoms with E-state index in [-0.39, 0.29) is 133 Å². The quantitative estimate of drug-likeness (QED) is 0.0506. The lowest BCUT2D eigenvalue weighted by molar-refractivity contribution is 0.0606. The maximum absolute atomic E-state index is 14.3. The van der Waals surface area contributed by atoms with E-state index in [0.29, 0.717) is 88.0 Å². The van der Waals surface area contributed by atoms with Crippen molar-refractivity contribution in [1.82, 2.24) is 43.4 Å². The van der Waals surface area contributed by atoms with E-state index in [1.54, 1.807) is 90.6 Å². The fourth-order valence-electron chi connectivity index (χ4n) is 15.1. The molecule has 0 spiro atoms. The van der Waals surface area contributed by atoms with Gasteiger partial charge in [-0.25, -0.2) is 23.7 Å². The van der Waals surface area contributed by atoms with Crippen LogP contribution in [-0.2, 0) is 19.6 Å². The van der Waals surface area contributed by atoms with E-state index in [0.717, 1.165) is 33.4 Å². The van der Waals surface area contributed by atoms with Gasteiger partial charge in [-0.1, -0.05) is 166 Å². The third-order valence-electron chi connectivity index (χ3n) is 20.7. The summed E-state index contributed by atoms with van der Waals surface area (Å²) in [6.45, 7) is 21.8. The van der Waals surface area contributed by atoms with Gasteiger partial charge in [0.05, 0.1) is 37.8 Å². The van der Waals surface area contributed by atoms with Crippen molar-refractivity contribution in [3.05, 3.63) is 320 Å². The summed E-state index contributed by atoms with van der Waals surface area (Å²) >= 11 is 9.62. The molecular weight excluding hydrogens is 1590 g/mol. The number of carbonyl (C=O) groups is 3. The Balaban J connectivity index is 0.000000153. The number of aryl methyl sites for hydroxylation is 4. The van der Waals surface area contributed by atoms with Crippen molar-refractivity contribution >= 4 is 111 Å². The summed E-state index contributed by atoms with van der Waals surface area (Å²) in [5.74, 6) is -0.156. The zero-order valence-corrected chi connectivity index (χ0v) is 69.5. The van der Waals surface area contributed by atoms with Crippen LogP contribution < -0.4 is 33.9 Å². The molecule has 6 N–H and O–H groups in total. The fourth-order valence-corrected chi connectivity index (χ4v) is 15.6. The Bertz CT molecular complexity index is 6390. The zero-order chi connectivity index (χ0) is 84.1. The van der Waals surface area contributed by atoms with Gasteiger partial charge in [0, 0.05) is 77.1 Å². The van der Waals surface area contributed by atoms with Crippen LogP contribution in [0.15, 0.2) is 231 Å². The van der Waals surface area contributed by atoms with Crippen molar-refractivity contribution in [2.24, 2.45) is 35.0 Å². The van der Waals surface area contributed by atoms with E-state index in [1.165, 1.54) is 41.0 Å². The van der Waals surface area contributed by atoms with E-state index in [1.807, 2.05) is 160 Å². The van der Waals surface area contributed by atoms with Crippen molar-refractivity contribution in [2.45, 2.75) is 107 Å². The Morgan fingerprint density at radius 3 is 1.13 bits per heavy atom. The molecule has 15 rings (SSSR count). The molecule has 118 heavy (non-hydrogen) atoms. The van der Waals surface area contributed by atoms with Crippen LogP contribution in [0.4, 0.5) is 8.78 Å². The van der Waals surface area contributed by atoms with E-state index in [2.05, 4.69) is 15.9 Å². The number of benzene rings is 8. The Hall–Kier alpha value is -12.0. The molecule has 608 valence electrons. The highest BCUT2D eigenvalue weighted by atomic mass is 79.9. The van der Waals surface area contributed by atoms with Gasteiger partial charge in [-0.15, -0.1) is 0 Å². The summed E-state index contributed by atoms with van der Waals surface area (Å²) in [5.41, 5.74) is 26.8. The normalized spacial score (nSPS) is 12.4. The zero-order valence-electron chi connectivity index (χ0n) is 67.2. The molecule has 8 aromatic carbocycles. The number of halogens is 4. The summed E-state index contributed by atoms with van der Waals surface area (Å²) in [4.78, 5) is 104. The van der Waals surface area contributed by atoms with Crippen LogP contribution in [0.25, 0.3) is 66.2 Å². The molecule has 15 aromatic rings. The van der Waals surface area contributed by atoms with Gasteiger partial charge in [0.25, 0.3) is 34.4 Å². The van der Waals surface area contributed by atoms with Crippen LogP contribution in [0, 0.1) is 57.1 Å². The van der Waals surface area contributed by atoms with Crippen molar-refractivity contribution in [3.63, 3.8) is 0 Å². The van der Waals surface area contributed by atoms with E-state index in [4.69, 9.17) is 61.4 Å². The molecule has 7 aromatic heterocycles. The summed E-state index contributed by atoms with van der Waals surface area (Å²) < 4.78 is 57.2. The fraction of sp³-hybridized carbons (Fsp3) is 0.272. The summed E-state index contributed by atoms with van der Waals surface area (Å²) in [6, 6.07) is 54.7. The molecule has 0 bridgehead atoms. The minimum Gasteiger partial charge on any atom is -0.452 e. The lowest BCUT2D eigenvalue weighted by atomic mass is 9.99. The molecule has 0 radical (unpaired) electrons. The van der Waals surface area contributed by atoms with E-state index in [9.17, 15) is 37.5 Å². The third kappa shape index (κ3) is 17.8. The molecule has 7 heterocycles. The van der Waals surface area contributed by atoms with Gasteiger partial charge >= 0.3 is 0 Å². The largest absolute Gasteiger partial charge is 0.452 e. The molecule has 0 aliphatic rings. The van der Waals surface area contributed by atoms with E-state index < -0.39 is 35.3 Å². The average molecular weight is 1680 g/mol. The van der Waals surface area contributed by atoms with Gasteiger partial charge < -0.3 is 49.6 Å². The number of rotatable bonds is 24. The van der Waals surface area contributed by atoms with Crippen molar-refractivity contribution in [2.75, 3.05) is 39.3 Å². The first-order valence-electron chi connectivity index (χ1n) is 39.1. The number of nitrogens with two attached hydrogens (primary N) is 3. The molecule has 26 heteroatoms. The maximum Gasteiger partial charge on any atom is 0.297 e. The topological polar surface area (TPSA) is 296 Å². The highest BCUT2D eigenvalue weighted by Crippen LogP contribution is 2.38. The highest BCUT2D eigenvalue weighted by Gasteiger charge is 2.38.